The van der Waals surface area contributed by atoms with E-state index in [0.29, 0.717) is 0 Å². The molecule has 1 fully saturated rings. The predicted octanol–water partition coefficient (Wildman–Crippen LogP) is 2.70. The molecule has 7 nitrogen and oxygen atoms in total. The van der Waals surface area contributed by atoms with Crippen molar-refractivity contribution in [3.8, 4) is 11.4 Å². The lowest BCUT2D eigenvalue weighted by atomic mass is 10.1. The van der Waals surface area contributed by atoms with Gasteiger partial charge in [0.2, 0.25) is 0 Å². The van der Waals surface area contributed by atoms with Gasteiger partial charge in [0.15, 0.2) is 5.82 Å². The first kappa shape index (κ1) is 17.2. The van der Waals surface area contributed by atoms with Gasteiger partial charge in [0.1, 0.15) is 5.82 Å². The number of aromatic nitrogens is 5. The van der Waals surface area contributed by atoms with Crippen molar-refractivity contribution in [2.75, 3.05) is 0 Å². The molecular formula is C21H24N6O. The van der Waals surface area contributed by atoms with E-state index in [1.807, 2.05) is 36.7 Å². The highest BCUT2D eigenvalue weighted by atomic mass is 16.2. The molecule has 2 aliphatic heterocycles. The molecule has 1 amide bonds. The smallest absolute Gasteiger partial charge is 0.257 e. The quantitative estimate of drug-likeness (QED) is 0.705. The van der Waals surface area contributed by atoms with Gasteiger partial charge in [0.05, 0.1) is 17.8 Å². The molecule has 2 atom stereocenters. The molecule has 2 aliphatic rings. The maximum Gasteiger partial charge on any atom is 0.257 e. The summed E-state index contributed by atoms with van der Waals surface area (Å²) in [6, 6.07) is 10.5. The van der Waals surface area contributed by atoms with Crippen molar-refractivity contribution in [2.45, 2.75) is 58.3 Å². The van der Waals surface area contributed by atoms with Gasteiger partial charge in [-0.1, -0.05) is 30.3 Å². The maximum atomic E-state index is 13.4. The first-order valence-electron chi connectivity index (χ1n) is 10.00. The molecule has 2 bridgehead atoms. The molecule has 5 rings (SSSR count). The molecule has 0 unspecified atom stereocenters. The highest BCUT2D eigenvalue weighted by Crippen LogP contribution is 2.34. The number of carbonyl (C=O) groups excluding carboxylic acids is 1. The second-order valence-corrected chi connectivity index (χ2v) is 7.68. The molecule has 7 heteroatoms. The fourth-order valence-electron chi connectivity index (χ4n) is 4.69. The number of rotatable bonds is 3. The van der Waals surface area contributed by atoms with E-state index in [9.17, 15) is 4.79 Å². The number of hydrogen-bond acceptors (Lipinski definition) is 4. The van der Waals surface area contributed by atoms with Gasteiger partial charge >= 0.3 is 0 Å². The number of benzene rings is 1. The van der Waals surface area contributed by atoms with Crippen LogP contribution in [0.3, 0.4) is 0 Å². The van der Waals surface area contributed by atoms with Gasteiger partial charge in [0.25, 0.3) is 5.91 Å². The van der Waals surface area contributed by atoms with Crippen molar-refractivity contribution in [2.24, 2.45) is 0 Å². The Labute approximate surface area is 164 Å². The number of hydrogen-bond donors (Lipinski definition) is 0. The molecule has 2 aromatic heterocycles. The second-order valence-electron chi connectivity index (χ2n) is 7.68. The van der Waals surface area contributed by atoms with E-state index in [4.69, 9.17) is 0 Å². The Balaban J connectivity index is 1.49. The van der Waals surface area contributed by atoms with Gasteiger partial charge in [0, 0.05) is 36.8 Å². The lowest BCUT2D eigenvalue weighted by Gasteiger charge is -2.28. The fourth-order valence-corrected chi connectivity index (χ4v) is 4.69. The average molecular weight is 376 g/mol. The van der Waals surface area contributed by atoms with E-state index in [1.165, 1.54) is 0 Å². The van der Waals surface area contributed by atoms with Crippen molar-refractivity contribution in [1.29, 1.82) is 0 Å². The molecule has 1 aromatic carbocycles. The van der Waals surface area contributed by atoms with Crippen LogP contribution in [-0.4, -0.2) is 47.4 Å². The van der Waals surface area contributed by atoms with E-state index in [0.717, 1.165) is 60.8 Å². The highest BCUT2D eigenvalue weighted by Gasteiger charge is 2.42. The molecule has 3 aromatic rings. The Morgan fingerprint density at radius 3 is 2.68 bits per heavy atom. The summed E-state index contributed by atoms with van der Waals surface area (Å²) in [5.41, 5.74) is 2.73. The molecule has 28 heavy (non-hydrogen) atoms. The van der Waals surface area contributed by atoms with Crippen LogP contribution in [0.2, 0.25) is 0 Å². The number of amides is 1. The van der Waals surface area contributed by atoms with E-state index in [1.54, 1.807) is 6.20 Å². The molecule has 1 saturated heterocycles. The highest BCUT2D eigenvalue weighted by molar-refractivity contribution is 5.95. The van der Waals surface area contributed by atoms with Crippen LogP contribution in [0, 0.1) is 6.92 Å². The molecule has 4 heterocycles. The Morgan fingerprint density at radius 2 is 1.93 bits per heavy atom. The number of fused-ring (bicyclic) bond motifs is 3. The van der Waals surface area contributed by atoms with Crippen LogP contribution in [0.25, 0.3) is 11.4 Å². The monoisotopic (exact) mass is 376 g/mol. The largest absolute Gasteiger partial charge is 0.330 e. The zero-order valence-electron chi connectivity index (χ0n) is 16.2. The topological polar surface area (TPSA) is 68.8 Å². The third kappa shape index (κ3) is 2.57. The van der Waals surface area contributed by atoms with E-state index in [-0.39, 0.29) is 18.0 Å². The van der Waals surface area contributed by atoms with Gasteiger partial charge in [-0.25, -0.2) is 0 Å². The molecule has 144 valence electrons. The van der Waals surface area contributed by atoms with Gasteiger partial charge in [-0.15, -0.1) is 10.2 Å². The number of carbonyl (C=O) groups is 1. The summed E-state index contributed by atoms with van der Waals surface area (Å²) in [5.74, 6) is 1.97. The Kier molecular flexibility index (Phi) is 4.03. The standard InChI is InChI=1S/C21H24N6O/c1-3-26-14(2)18(12-22-26)21(28)27-16-9-10-17(27)13-25-19(11-16)23-24-20(25)15-7-5-4-6-8-15/h4-8,12,16-17H,3,9-11,13H2,1-2H3/t16-,17+/m0/s1. The number of aryl methyl sites for hydroxylation is 1. The summed E-state index contributed by atoms with van der Waals surface area (Å²) in [4.78, 5) is 15.5. The minimum atomic E-state index is 0.102. The Morgan fingerprint density at radius 1 is 1.14 bits per heavy atom. The lowest BCUT2D eigenvalue weighted by molar-refractivity contribution is 0.0665. The average Bonchev–Trinajstić information content (AvgIpc) is 3.37. The minimum Gasteiger partial charge on any atom is -0.330 e. The molecular weight excluding hydrogens is 352 g/mol. The van der Waals surface area contributed by atoms with Crippen LogP contribution in [0.4, 0.5) is 0 Å². The first-order valence-corrected chi connectivity index (χ1v) is 10.00. The summed E-state index contributed by atoms with van der Waals surface area (Å²) in [6.45, 7) is 5.54. The third-order valence-electron chi connectivity index (χ3n) is 6.16. The lowest BCUT2D eigenvalue weighted by Crippen LogP contribution is -2.42. The van der Waals surface area contributed by atoms with Crippen molar-refractivity contribution < 1.29 is 4.79 Å². The Hall–Kier alpha value is -2.96. The summed E-state index contributed by atoms with van der Waals surface area (Å²) in [6.07, 6.45) is 4.51. The second kappa shape index (κ2) is 6.58. The third-order valence-corrected chi connectivity index (χ3v) is 6.16. The molecule has 0 N–H and O–H groups in total. The van der Waals surface area contributed by atoms with Crippen LogP contribution in [-0.2, 0) is 19.5 Å². The van der Waals surface area contributed by atoms with Crippen LogP contribution in [0.5, 0.6) is 0 Å². The van der Waals surface area contributed by atoms with Crippen LogP contribution < -0.4 is 0 Å². The summed E-state index contributed by atoms with van der Waals surface area (Å²) >= 11 is 0. The molecule has 0 radical (unpaired) electrons. The van der Waals surface area contributed by atoms with E-state index in [2.05, 4.69) is 36.9 Å². The van der Waals surface area contributed by atoms with Crippen LogP contribution >= 0.6 is 0 Å². The maximum absolute atomic E-state index is 13.4. The molecule has 0 aliphatic carbocycles. The van der Waals surface area contributed by atoms with Crippen molar-refractivity contribution >= 4 is 5.91 Å². The van der Waals surface area contributed by atoms with Gasteiger partial charge in [-0.05, 0) is 26.7 Å². The molecule has 0 spiro atoms. The van der Waals surface area contributed by atoms with Crippen LogP contribution in [0.1, 0.15) is 41.6 Å². The predicted molar refractivity (Wildman–Crippen MR) is 105 cm³/mol. The van der Waals surface area contributed by atoms with Gasteiger partial charge in [-0.3, -0.25) is 9.48 Å². The Bertz CT molecular complexity index is 1020. The molecule has 0 saturated carbocycles. The summed E-state index contributed by atoms with van der Waals surface area (Å²) in [5, 5.41) is 13.3. The van der Waals surface area contributed by atoms with E-state index < -0.39 is 0 Å². The van der Waals surface area contributed by atoms with Crippen molar-refractivity contribution in [1.82, 2.24) is 29.4 Å². The first-order chi connectivity index (χ1) is 13.7. The van der Waals surface area contributed by atoms with Crippen molar-refractivity contribution in [3.05, 3.63) is 53.6 Å². The van der Waals surface area contributed by atoms with Crippen molar-refractivity contribution in [3.63, 3.8) is 0 Å². The van der Waals surface area contributed by atoms with E-state index >= 15 is 0 Å². The zero-order chi connectivity index (χ0) is 19.3. The summed E-state index contributed by atoms with van der Waals surface area (Å²) < 4.78 is 4.09. The minimum absolute atomic E-state index is 0.102. The van der Waals surface area contributed by atoms with Crippen LogP contribution in [0.15, 0.2) is 36.5 Å². The van der Waals surface area contributed by atoms with Gasteiger partial charge in [-0.2, -0.15) is 5.10 Å². The zero-order valence-corrected chi connectivity index (χ0v) is 16.2. The number of nitrogens with zero attached hydrogens (tertiary/aromatic N) is 6. The van der Waals surface area contributed by atoms with Gasteiger partial charge < -0.3 is 9.47 Å². The SMILES string of the molecule is CCn1ncc(C(=O)N2[C@@H]3CC[C@H]2Cc2nnc(-c4ccccc4)n2C3)c1C. The fraction of sp³-hybridized carbons (Fsp3) is 0.429. The summed E-state index contributed by atoms with van der Waals surface area (Å²) in [7, 11) is 0. The normalized spacial score (nSPS) is 20.9.